The molecule has 2 aromatic heterocycles. The highest BCUT2D eigenvalue weighted by atomic mass is 16.5. The summed E-state index contributed by atoms with van der Waals surface area (Å²) in [6.45, 7) is 3.09. The van der Waals surface area contributed by atoms with Crippen molar-refractivity contribution in [2.24, 2.45) is 7.05 Å². The number of nitrogens with one attached hydrogen (secondary N) is 1. The Morgan fingerprint density at radius 3 is 2.24 bits per heavy atom. The molecule has 1 aromatic carbocycles. The predicted octanol–water partition coefficient (Wildman–Crippen LogP) is 4.39. The quantitative estimate of drug-likeness (QED) is 0.677. The first-order valence-corrected chi connectivity index (χ1v) is 8.51. The molecular weight excluding hydrogens is 312 g/mol. The lowest BCUT2D eigenvalue weighted by molar-refractivity contribution is 0.400. The minimum Gasteiger partial charge on any atom is -0.480 e. The van der Waals surface area contributed by atoms with Crippen LogP contribution in [0.2, 0.25) is 0 Å². The number of anilines is 1. The molecule has 0 atom stereocenters. The average molecular weight is 338 g/mol. The van der Waals surface area contributed by atoms with Crippen molar-refractivity contribution in [1.29, 1.82) is 0 Å². The van der Waals surface area contributed by atoms with Crippen LogP contribution in [0.3, 0.4) is 0 Å². The molecule has 2 heterocycles. The number of methoxy groups -OCH3 is 1. The second kappa shape index (κ2) is 10.1. The number of unbranched alkanes of at least 4 members (excludes halogenated alkanes) is 1. The topological polar surface area (TPSA) is 52.0 Å². The second-order valence-electron chi connectivity index (χ2n) is 5.62. The predicted molar refractivity (Wildman–Crippen MR) is 103 cm³/mol. The molecule has 0 amide bonds. The summed E-state index contributed by atoms with van der Waals surface area (Å²) in [4.78, 5) is 4.34. The molecule has 0 aliphatic rings. The van der Waals surface area contributed by atoms with E-state index in [1.165, 1.54) is 0 Å². The highest BCUT2D eigenvalue weighted by Gasteiger charge is 2.08. The van der Waals surface area contributed by atoms with Crippen LogP contribution >= 0.6 is 0 Å². The van der Waals surface area contributed by atoms with Gasteiger partial charge < -0.3 is 10.1 Å². The van der Waals surface area contributed by atoms with Crippen molar-refractivity contribution in [3.63, 3.8) is 0 Å². The van der Waals surface area contributed by atoms with E-state index in [-0.39, 0.29) is 0 Å². The standard InChI is InChI=1S/C14H20N4O.C6H6/c1-4-5-6-15-13-7-11(8-16-14(13)19-3)12-9-17-18(2)10-12;1-2-4-6-5-3-1/h7-10,15H,4-6H2,1-3H3;1-6H. The summed E-state index contributed by atoms with van der Waals surface area (Å²) in [5, 5.41) is 7.55. The van der Waals surface area contributed by atoms with Crippen LogP contribution in [0.4, 0.5) is 5.69 Å². The molecule has 5 heteroatoms. The van der Waals surface area contributed by atoms with Crippen molar-refractivity contribution in [2.75, 3.05) is 19.0 Å². The number of nitrogens with zero attached hydrogens (tertiary/aromatic N) is 3. The van der Waals surface area contributed by atoms with E-state index in [0.29, 0.717) is 5.88 Å². The fourth-order valence-corrected chi connectivity index (χ4v) is 2.25. The number of aromatic nitrogens is 3. The number of aryl methyl sites for hydroxylation is 1. The molecule has 3 rings (SSSR count). The highest BCUT2D eigenvalue weighted by molar-refractivity contribution is 5.68. The van der Waals surface area contributed by atoms with Gasteiger partial charge in [-0.15, -0.1) is 0 Å². The Morgan fingerprint density at radius 1 is 1.04 bits per heavy atom. The van der Waals surface area contributed by atoms with Gasteiger partial charge >= 0.3 is 0 Å². The van der Waals surface area contributed by atoms with E-state index >= 15 is 0 Å². The van der Waals surface area contributed by atoms with Crippen molar-refractivity contribution >= 4 is 5.69 Å². The number of ether oxygens (including phenoxy) is 1. The van der Waals surface area contributed by atoms with Crippen molar-refractivity contribution < 1.29 is 4.74 Å². The van der Waals surface area contributed by atoms with Gasteiger partial charge in [-0.05, 0) is 12.5 Å². The maximum atomic E-state index is 5.28. The molecule has 1 N–H and O–H groups in total. The van der Waals surface area contributed by atoms with Gasteiger partial charge in [-0.1, -0.05) is 49.7 Å². The number of hydrogen-bond donors (Lipinski definition) is 1. The zero-order valence-electron chi connectivity index (χ0n) is 15.1. The molecule has 0 aliphatic heterocycles. The van der Waals surface area contributed by atoms with E-state index in [0.717, 1.165) is 36.2 Å². The van der Waals surface area contributed by atoms with Crippen LogP contribution in [-0.2, 0) is 7.05 Å². The third-order valence-electron chi connectivity index (χ3n) is 3.60. The third kappa shape index (κ3) is 5.95. The van der Waals surface area contributed by atoms with Crippen LogP contribution < -0.4 is 10.1 Å². The normalized spacial score (nSPS) is 9.88. The zero-order chi connectivity index (χ0) is 17.9. The van der Waals surface area contributed by atoms with Crippen molar-refractivity contribution in [1.82, 2.24) is 14.8 Å². The van der Waals surface area contributed by atoms with E-state index in [9.17, 15) is 0 Å². The van der Waals surface area contributed by atoms with E-state index in [4.69, 9.17) is 4.74 Å². The van der Waals surface area contributed by atoms with Crippen LogP contribution in [0.25, 0.3) is 11.1 Å². The average Bonchev–Trinajstić information content (AvgIpc) is 3.10. The van der Waals surface area contributed by atoms with Gasteiger partial charge in [0.15, 0.2) is 0 Å². The summed E-state index contributed by atoms with van der Waals surface area (Å²) in [6, 6.07) is 14.1. The summed E-state index contributed by atoms with van der Waals surface area (Å²) in [6.07, 6.45) is 7.89. The van der Waals surface area contributed by atoms with Gasteiger partial charge in [0.2, 0.25) is 5.88 Å². The first kappa shape index (κ1) is 18.5. The van der Waals surface area contributed by atoms with Gasteiger partial charge in [-0.3, -0.25) is 4.68 Å². The lowest BCUT2D eigenvalue weighted by Crippen LogP contribution is -2.04. The van der Waals surface area contributed by atoms with Crippen LogP contribution in [0, 0.1) is 0 Å². The Hall–Kier alpha value is -2.82. The van der Waals surface area contributed by atoms with Gasteiger partial charge in [0, 0.05) is 37.1 Å². The number of benzene rings is 1. The maximum absolute atomic E-state index is 5.28. The molecule has 0 unspecified atom stereocenters. The fraction of sp³-hybridized carbons (Fsp3) is 0.300. The summed E-state index contributed by atoms with van der Waals surface area (Å²) >= 11 is 0. The molecule has 0 spiro atoms. The molecule has 25 heavy (non-hydrogen) atoms. The van der Waals surface area contributed by atoms with Crippen molar-refractivity contribution in [3.05, 3.63) is 61.1 Å². The lowest BCUT2D eigenvalue weighted by atomic mass is 10.1. The van der Waals surface area contributed by atoms with Crippen LogP contribution in [-0.4, -0.2) is 28.4 Å². The first-order chi connectivity index (χ1) is 12.2. The molecule has 0 saturated heterocycles. The molecule has 5 nitrogen and oxygen atoms in total. The van der Waals surface area contributed by atoms with Gasteiger partial charge in [-0.25, -0.2) is 4.98 Å². The van der Waals surface area contributed by atoms with E-state index in [2.05, 4.69) is 28.4 Å². The molecule has 0 bridgehead atoms. The van der Waals surface area contributed by atoms with Gasteiger partial charge in [0.25, 0.3) is 0 Å². The van der Waals surface area contributed by atoms with Crippen molar-refractivity contribution in [3.8, 4) is 17.0 Å². The summed E-state index contributed by atoms with van der Waals surface area (Å²) in [5.41, 5.74) is 3.02. The van der Waals surface area contributed by atoms with Gasteiger partial charge in [0.05, 0.1) is 19.0 Å². The minimum atomic E-state index is 0.628. The zero-order valence-corrected chi connectivity index (χ0v) is 15.1. The summed E-state index contributed by atoms with van der Waals surface area (Å²) in [5.74, 6) is 0.628. The molecular formula is C20H26N4O. The smallest absolute Gasteiger partial charge is 0.237 e. The molecule has 0 fully saturated rings. The first-order valence-electron chi connectivity index (χ1n) is 8.51. The number of rotatable bonds is 6. The molecule has 3 aromatic rings. The second-order valence-corrected chi connectivity index (χ2v) is 5.62. The van der Waals surface area contributed by atoms with E-state index in [1.54, 1.807) is 18.0 Å². The number of pyridine rings is 1. The van der Waals surface area contributed by atoms with E-state index < -0.39 is 0 Å². The third-order valence-corrected chi connectivity index (χ3v) is 3.60. The Balaban J connectivity index is 0.000000316. The highest BCUT2D eigenvalue weighted by Crippen LogP contribution is 2.27. The number of hydrogen-bond acceptors (Lipinski definition) is 4. The summed E-state index contributed by atoms with van der Waals surface area (Å²) in [7, 11) is 3.54. The van der Waals surface area contributed by atoms with Crippen LogP contribution in [0.5, 0.6) is 5.88 Å². The van der Waals surface area contributed by atoms with Gasteiger partial charge in [0.1, 0.15) is 0 Å². The largest absolute Gasteiger partial charge is 0.480 e. The Bertz CT molecular complexity index is 714. The maximum Gasteiger partial charge on any atom is 0.237 e. The minimum absolute atomic E-state index is 0.628. The Kier molecular flexibility index (Phi) is 7.50. The van der Waals surface area contributed by atoms with Crippen LogP contribution in [0.1, 0.15) is 19.8 Å². The Morgan fingerprint density at radius 2 is 1.72 bits per heavy atom. The van der Waals surface area contributed by atoms with Crippen LogP contribution in [0.15, 0.2) is 61.1 Å². The van der Waals surface area contributed by atoms with E-state index in [1.807, 2.05) is 55.8 Å². The van der Waals surface area contributed by atoms with Gasteiger partial charge in [-0.2, -0.15) is 5.10 Å². The lowest BCUT2D eigenvalue weighted by Gasteiger charge is -2.11. The molecule has 0 saturated carbocycles. The molecule has 0 radical (unpaired) electrons. The van der Waals surface area contributed by atoms with Crippen molar-refractivity contribution in [2.45, 2.75) is 19.8 Å². The SMILES string of the molecule is CCCCNc1cc(-c2cnn(C)c2)cnc1OC.c1ccccc1. The fourth-order valence-electron chi connectivity index (χ4n) is 2.25. The molecule has 132 valence electrons. The Labute approximate surface area is 149 Å². The summed E-state index contributed by atoms with van der Waals surface area (Å²) < 4.78 is 7.06. The molecule has 0 aliphatic carbocycles. The monoisotopic (exact) mass is 338 g/mol.